The lowest BCUT2D eigenvalue weighted by Gasteiger charge is -2.22. The van der Waals surface area contributed by atoms with Gasteiger partial charge in [-0.25, -0.2) is 4.79 Å². The van der Waals surface area contributed by atoms with Crippen molar-refractivity contribution in [1.82, 2.24) is 10.6 Å². The molecule has 0 radical (unpaired) electrons. The molecule has 2 unspecified atom stereocenters. The van der Waals surface area contributed by atoms with Crippen LogP contribution in [0, 0.1) is 5.92 Å². The molecule has 0 aliphatic heterocycles. The highest BCUT2D eigenvalue weighted by Gasteiger charge is 2.30. The van der Waals surface area contributed by atoms with Gasteiger partial charge in [0, 0.05) is 10.9 Å². The third kappa shape index (κ3) is 5.00. The quantitative estimate of drug-likeness (QED) is 0.707. The minimum atomic E-state index is -0.815. The highest BCUT2D eigenvalue weighted by atomic mass is 79.9. The van der Waals surface area contributed by atoms with Crippen LogP contribution in [0.25, 0.3) is 0 Å². The van der Waals surface area contributed by atoms with Gasteiger partial charge in [-0.05, 0) is 40.9 Å². The first-order chi connectivity index (χ1) is 10.1. The number of thiophene rings is 1. The number of nitrogens with one attached hydrogen (secondary N) is 2. The van der Waals surface area contributed by atoms with Crippen LogP contribution >= 0.6 is 27.3 Å². The molecule has 0 bridgehead atoms. The lowest BCUT2D eigenvalue weighted by molar-refractivity contribution is -0.142. The van der Waals surface area contributed by atoms with E-state index in [0.29, 0.717) is 13.0 Å². The summed E-state index contributed by atoms with van der Waals surface area (Å²) in [5.41, 5.74) is 0. The van der Waals surface area contributed by atoms with Crippen LogP contribution in [0.4, 0.5) is 4.79 Å². The molecule has 1 aliphatic carbocycles. The highest BCUT2D eigenvalue weighted by Crippen LogP contribution is 2.24. The fraction of sp³-hybridized carbons (Fsp3) is 0.571. The van der Waals surface area contributed by atoms with Crippen molar-refractivity contribution in [2.45, 2.75) is 44.7 Å². The number of rotatable bonds is 4. The number of hydrogen-bond donors (Lipinski definition) is 3. The smallest absolute Gasteiger partial charge is 0.315 e. The summed E-state index contributed by atoms with van der Waals surface area (Å²) < 4.78 is 1.02. The summed E-state index contributed by atoms with van der Waals surface area (Å²) in [6.45, 7) is 0.451. The summed E-state index contributed by atoms with van der Waals surface area (Å²) in [7, 11) is 0. The number of aliphatic carboxylic acids is 1. The number of halogens is 1. The first-order valence-corrected chi connectivity index (χ1v) is 8.68. The molecule has 1 aromatic heterocycles. The predicted molar refractivity (Wildman–Crippen MR) is 85.4 cm³/mol. The Balaban J connectivity index is 1.85. The van der Waals surface area contributed by atoms with Gasteiger partial charge in [0.1, 0.15) is 0 Å². The highest BCUT2D eigenvalue weighted by molar-refractivity contribution is 9.11. The van der Waals surface area contributed by atoms with Crippen LogP contribution in [0.1, 0.15) is 37.0 Å². The van der Waals surface area contributed by atoms with Crippen molar-refractivity contribution in [1.29, 1.82) is 0 Å². The normalized spacial score (nSPS) is 22.3. The van der Waals surface area contributed by atoms with Crippen LogP contribution in [0.5, 0.6) is 0 Å². The van der Waals surface area contributed by atoms with E-state index in [2.05, 4.69) is 26.6 Å². The van der Waals surface area contributed by atoms with E-state index in [1.54, 1.807) is 11.3 Å². The molecule has 2 amide bonds. The number of urea groups is 1. The number of carbonyl (C=O) groups excluding carboxylic acids is 1. The maximum Gasteiger partial charge on any atom is 0.315 e. The Labute approximate surface area is 136 Å². The van der Waals surface area contributed by atoms with Gasteiger partial charge >= 0.3 is 12.0 Å². The van der Waals surface area contributed by atoms with Crippen molar-refractivity contribution in [2.24, 2.45) is 5.92 Å². The predicted octanol–water partition coefficient (Wildman–Crippen LogP) is 3.34. The minimum Gasteiger partial charge on any atom is -0.481 e. The fourth-order valence-corrected chi connectivity index (χ4v) is 4.03. The summed E-state index contributed by atoms with van der Waals surface area (Å²) in [6, 6.07) is 3.31. The molecule has 5 nitrogen and oxygen atoms in total. The maximum absolute atomic E-state index is 11.9. The number of carboxylic acid groups (broad SMARTS) is 1. The molecule has 1 heterocycles. The molecule has 1 fully saturated rings. The van der Waals surface area contributed by atoms with E-state index in [1.807, 2.05) is 12.1 Å². The molecule has 116 valence electrons. The van der Waals surface area contributed by atoms with Gasteiger partial charge in [0.05, 0.1) is 16.2 Å². The van der Waals surface area contributed by atoms with Crippen LogP contribution in [0.15, 0.2) is 15.9 Å². The topological polar surface area (TPSA) is 78.4 Å². The lowest BCUT2D eigenvalue weighted by atomic mass is 9.95. The Morgan fingerprint density at radius 1 is 1.29 bits per heavy atom. The van der Waals surface area contributed by atoms with Gasteiger partial charge in [-0.3, -0.25) is 4.79 Å². The first kappa shape index (κ1) is 16.3. The Hall–Kier alpha value is -1.08. The van der Waals surface area contributed by atoms with E-state index >= 15 is 0 Å². The monoisotopic (exact) mass is 374 g/mol. The Morgan fingerprint density at radius 3 is 2.71 bits per heavy atom. The van der Waals surface area contributed by atoms with Gasteiger partial charge in [-0.15, -0.1) is 11.3 Å². The Kier molecular flexibility index (Phi) is 6.05. The molecule has 2 rings (SSSR count). The summed E-state index contributed by atoms with van der Waals surface area (Å²) in [5.74, 6) is -1.29. The van der Waals surface area contributed by atoms with E-state index < -0.39 is 11.9 Å². The van der Waals surface area contributed by atoms with Crippen molar-refractivity contribution >= 4 is 39.3 Å². The molecule has 0 saturated heterocycles. The maximum atomic E-state index is 11.9. The fourth-order valence-electron chi connectivity index (χ4n) is 2.61. The van der Waals surface area contributed by atoms with Gasteiger partial charge < -0.3 is 15.7 Å². The van der Waals surface area contributed by atoms with Gasteiger partial charge in [0.15, 0.2) is 0 Å². The zero-order valence-electron chi connectivity index (χ0n) is 11.6. The molecule has 21 heavy (non-hydrogen) atoms. The zero-order valence-corrected chi connectivity index (χ0v) is 14.0. The molecule has 0 aromatic carbocycles. The van der Waals surface area contributed by atoms with Gasteiger partial charge in [0.25, 0.3) is 0 Å². The second-order valence-corrected chi connectivity index (χ2v) is 7.77. The minimum absolute atomic E-state index is 0.278. The second kappa shape index (κ2) is 7.79. The molecule has 2 atom stereocenters. The average Bonchev–Trinajstić information content (AvgIpc) is 2.70. The summed E-state index contributed by atoms with van der Waals surface area (Å²) in [6.07, 6.45) is 4.28. The average molecular weight is 375 g/mol. The molecule has 0 spiro atoms. The van der Waals surface area contributed by atoms with Crippen LogP contribution in [0.2, 0.25) is 0 Å². The molecule has 1 aliphatic rings. The van der Waals surface area contributed by atoms with Gasteiger partial charge in [-0.1, -0.05) is 19.3 Å². The number of carbonyl (C=O) groups is 2. The molecule has 1 aromatic rings. The Bertz CT molecular complexity index is 506. The molecular formula is C14H19BrN2O3S. The third-order valence-electron chi connectivity index (χ3n) is 3.70. The molecule has 7 heteroatoms. The number of hydrogen-bond acceptors (Lipinski definition) is 3. The summed E-state index contributed by atoms with van der Waals surface area (Å²) in [5, 5.41) is 14.9. The summed E-state index contributed by atoms with van der Waals surface area (Å²) in [4.78, 5) is 24.3. The third-order valence-corrected chi connectivity index (χ3v) is 5.33. The molecular weight excluding hydrogens is 356 g/mol. The van der Waals surface area contributed by atoms with Crippen molar-refractivity contribution in [3.63, 3.8) is 0 Å². The summed E-state index contributed by atoms with van der Waals surface area (Å²) >= 11 is 4.94. The van der Waals surface area contributed by atoms with Gasteiger partial charge in [0.2, 0.25) is 0 Å². The van der Waals surface area contributed by atoms with Crippen molar-refractivity contribution < 1.29 is 14.7 Å². The first-order valence-electron chi connectivity index (χ1n) is 7.07. The molecule has 1 saturated carbocycles. The van der Waals surface area contributed by atoms with Gasteiger partial charge in [-0.2, -0.15) is 0 Å². The van der Waals surface area contributed by atoms with Crippen molar-refractivity contribution in [3.8, 4) is 0 Å². The zero-order chi connectivity index (χ0) is 15.2. The Morgan fingerprint density at radius 2 is 2.05 bits per heavy atom. The van der Waals surface area contributed by atoms with E-state index in [1.165, 1.54) is 0 Å². The largest absolute Gasteiger partial charge is 0.481 e. The van der Waals surface area contributed by atoms with Crippen LogP contribution in [-0.4, -0.2) is 23.1 Å². The second-order valence-electron chi connectivity index (χ2n) is 5.22. The standard InChI is InChI=1S/C14H19BrN2O3S/c15-12-7-6-9(21-12)8-16-14(20)17-11-5-3-1-2-4-10(11)13(18)19/h6-7,10-11H,1-5,8H2,(H,18,19)(H2,16,17,20). The van der Waals surface area contributed by atoms with Crippen LogP contribution in [-0.2, 0) is 11.3 Å². The van der Waals surface area contributed by atoms with E-state index in [0.717, 1.165) is 34.3 Å². The van der Waals surface area contributed by atoms with Crippen molar-refractivity contribution in [3.05, 3.63) is 20.8 Å². The molecule has 3 N–H and O–H groups in total. The van der Waals surface area contributed by atoms with E-state index in [9.17, 15) is 14.7 Å². The van der Waals surface area contributed by atoms with E-state index in [4.69, 9.17) is 0 Å². The lowest BCUT2D eigenvalue weighted by Crippen LogP contribution is -2.46. The van der Waals surface area contributed by atoms with Crippen LogP contribution < -0.4 is 10.6 Å². The van der Waals surface area contributed by atoms with Crippen molar-refractivity contribution in [2.75, 3.05) is 0 Å². The number of amides is 2. The van der Waals surface area contributed by atoms with E-state index in [-0.39, 0.29) is 12.1 Å². The number of carboxylic acids is 1. The van der Waals surface area contributed by atoms with Crippen LogP contribution in [0.3, 0.4) is 0 Å². The SMILES string of the molecule is O=C(NCc1ccc(Br)s1)NC1CCCCCC1C(=O)O.